The Hall–Kier alpha value is -1.81. The quantitative estimate of drug-likeness (QED) is 0.768. The average Bonchev–Trinajstić information content (AvgIpc) is 2.81. The fourth-order valence-corrected chi connectivity index (χ4v) is 2.44. The lowest BCUT2D eigenvalue weighted by Crippen LogP contribution is -2.28. The monoisotopic (exact) mass is 259 g/mol. The first-order chi connectivity index (χ1) is 9.21. The van der Waals surface area contributed by atoms with Gasteiger partial charge in [-0.2, -0.15) is 0 Å². The molecule has 0 atom stereocenters. The summed E-state index contributed by atoms with van der Waals surface area (Å²) in [6, 6.07) is 5.80. The van der Waals surface area contributed by atoms with Crippen molar-refractivity contribution >= 4 is 16.8 Å². The number of nitrogens with two attached hydrogens (primary N) is 1. The van der Waals surface area contributed by atoms with Crippen LogP contribution in [-0.4, -0.2) is 24.0 Å². The van der Waals surface area contributed by atoms with Gasteiger partial charge in [0, 0.05) is 35.2 Å². The minimum Gasteiger partial charge on any atom is -0.358 e. The fourth-order valence-electron chi connectivity index (χ4n) is 2.44. The van der Waals surface area contributed by atoms with E-state index in [1.54, 1.807) is 0 Å². The van der Waals surface area contributed by atoms with Gasteiger partial charge in [-0.3, -0.25) is 4.79 Å². The molecule has 0 unspecified atom stereocenters. The van der Waals surface area contributed by atoms with Gasteiger partial charge in [-0.25, -0.2) is 0 Å². The number of hydrogen-bond donors (Lipinski definition) is 3. The van der Waals surface area contributed by atoms with Crippen LogP contribution in [0.15, 0.2) is 18.2 Å². The SMILES string of the molecule is CCc1[nH]c2ccc(C(=O)NCCN)cc2c1CC. The molecule has 4 N–H and O–H groups in total. The Balaban J connectivity index is 2.41. The van der Waals surface area contributed by atoms with E-state index < -0.39 is 0 Å². The molecule has 2 aromatic rings. The molecule has 1 amide bonds. The molecule has 0 aliphatic carbocycles. The molecule has 0 saturated carbocycles. The second kappa shape index (κ2) is 5.89. The number of benzene rings is 1. The zero-order chi connectivity index (χ0) is 13.8. The maximum absolute atomic E-state index is 11.9. The molecule has 0 saturated heterocycles. The number of amides is 1. The minimum absolute atomic E-state index is 0.0614. The maximum Gasteiger partial charge on any atom is 0.251 e. The third kappa shape index (κ3) is 2.63. The summed E-state index contributed by atoms with van der Waals surface area (Å²) >= 11 is 0. The van der Waals surface area contributed by atoms with E-state index in [0.717, 1.165) is 23.7 Å². The van der Waals surface area contributed by atoms with Crippen molar-refractivity contribution in [2.45, 2.75) is 26.7 Å². The van der Waals surface area contributed by atoms with Crippen molar-refractivity contribution in [3.63, 3.8) is 0 Å². The molecule has 0 bridgehead atoms. The molecular weight excluding hydrogens is 238 g/mol. The highest BCUT2D eigenvalue weighted by Crippen LogP contribution is 2.24. The first kappa shape index (κ1) is 13.6. The van der Waals surface area contributed by atoms with Crippen LogP contribution in [0.25, 0.3) is 10.9 Å². The molecule has 1 heterocycles. The van der Waals surface area contributed by atoms with E-state index in [9.17, 15) is 4.79 Å². The van der Waals surface area contributed by atoms with Crippen LogP contribution in [0.1, 0.15) is 35.5 Å². The standard InChI is InChI=1S/C15H21N3O/c1-3-11-12-9-10(15(19)17-8-7-16)5-6-14(12)18-13(11)4-2/h5-6,9,18H,3-4,7-8,16H2,1-2H3,(H,17,19). The molecular formula is C15H21N3O. The Bertz CT molecular complexity index is 586. The van der Waals surface area contributed by atoms with Gasteiger partial charge in [0.25, 0.3) is 5.91 Å². The molecule has 0 radical (unpaired) electrons. The van der Waals surface area contributed by atoms with Gasteiger partial charge in [-0.05, 0) is 36.6 Å². The van der Waals surface area contributed by atoms with E-state index in [1.807, 2.05) is 18.2 Å². The molecule has 1 aromatic heterocycles. The molecule has 2 rings (SSSR count). The van der Waals surface area contributed by atoms with E-state index in [-0.39, 0.29) is 5.91 Å². The second-order valence-electron chi connectivity index (χ2n) is 4.59. The molecule has 0 fully saturated rings. The molecule has 4 heteroatoms. The van der Waals surface area contributed by atoms with Crippen LogP contribution in [0.3, 0.4) is 0 Å². The molecule has 0 spiro atoms. The number of carbonyl (C=O) groups excluding carboxylic acids is 1. The summed E-state index contributed by atoms with van der Waals surface area (Å²) in [6.07, 6.45) is 1.95. The molecule has 0 aliphatic heterocycles. The highest BCUT2D eigenvalue weighted by molar-refractivity contribution is 5.99. The highest BCUT2D eigenvalue weighted by Gasteiger charge is 2.11. The predicted molar refractivity (Wildman–Crippen MR) is 78.4 cm³/mol. The van der Waals surface area contributed by atoms with Crippen molar-refractivity contribution in [3.8, 4) is 0 Å². The third-order valence-electron chi connectivity index (χ3n) is 3.39. The predicted octanol–water partition coefficient (Wildman–Crippen LogP) is 1.98. The maximum atomic E-state index is 11.9. The van der Waals surface area contributed by atoms with Gasteiger partial charge in [0.2, 0.25) is 0 Å². The summed E-state index contributed by atoms with van der Waals surface area (Å²) in [5, 5.41) is 3.95. The number of carbonyl (C=O) groups is 1. The number of nitrogens with one attached hydrogen (secondary N) is 2. The van der Waals surface area contributed by atoms with Crippen molar-refractivity contribution in [2.75, 3.05) is 13.1 Å². The number of aryl methyl sites for hydroxylation is 2. The van der Waals surface area contributed by atoms with Gasteiger partial charge in [-0.1, -0.05) is 13.8 Å². The van der Waals surface area contributed by atoms with Crippen LogP contribution >= 0.6 is 0 Å². The van der Waals surface area contributed by atoms with Gasteiger partial charge < -0.3 is 16.0 Å². The summed E-state index contributed by atoms with van der Waals surface area (Å²) in [5.74, 6) is -0.0614. The third-order valence-corrected chi connectivity index (χ3v) is 3.39. The smallest absolute Gasteiger partial charge is 0.251 e. The lowest BCUT2D eigenvalue weighted by molar-refractivity contribution is 0.0955. The van der Waals surface area contributed by atoms with Crippen molar-refractivity contribution in [2.24, 2.45) is 5.73 Å². The second-order valence-corrected chi connectivity index (χ2v) is 4.59. The van der Waals surface area contributed by atoms with Crippen molar-refractivity contribution in [3.05, 3.63) is 35.0 Å². The normalized spacial score (nSPS) is 10.9. The Labute approximate surface area is 113 Å². The van der Waals surface area contributed by atoms with Gasteiger partial charge in [-0.15, -0.1) is 0 Å². The summed E-state index contributed by atoms with van der Waals surface area (Å²) in [7, 11) is 0. The molecule has 0 aliphatic rings. The van der Waals surface area contributed by atoms with E-state index in [1.165, 1.54) is 11.3 Å². The van der Waals surface area contributed by atoms with Crippen molar-refractivity contribution in [1.29, 1.82) is 0 Å². The first-order valence-corrected chi connectivity index (χ1v) is 6.83. The molecule has 1 aromatic carbocycles. The van der Waals surface area contributed by atoms with Gasteiger partial charge in [0.1, 0.15) is 0 Å². The lowest BCUT2D eigenvalue weighted by atomic mass is 10.0. The number of rotatable bonds is 5. The number of fused-ring (bicyclic) bond motifs is 1. The number of H-pyrrole nitrogens is 1. The fraction of sp³-hybridized carbons (Fsp3) is 0.400. The van der Waals surface area contributed by atoms with Crippen LogP contribution < -0.4 is 11.1 Å². The molecule has 4 nitrogen and oxygen atoms in total. The average molecular weight is 259 g/mol. The van der Waals surface area contributed by atoms with Crippen LogP contribution in [0.4, 0.5) is 0 Å². The molecule has 102 valence electrons. The lowest BCUT2D eigenvalue weighted by Gasteiger charge is -2.04. The zero-order valence-electron chi connectivity index (χ0n) is 11.5. The summed E-state index contributed by atoms with van der Waals surface area (Å²) in [5.41, 5.74) is 9.76. The van der Waals surface area contributed by atoms with Crippen LogP contribution in [0.5, 0.6) is 0 Å². The van der Waals surface area contributed by atoms with E-state index >= 15 is 0 Å². The van der Waals surface area contributed by atoms with E-state index in [4.69, 9.17) is 5.73 Å². The summed E-state index contributed by atoms with van der Waals surface area (Å²) < 4.78 is 0. The van der Waals surface area contributed by atoms with Crippen molar-refractivity contribution < 1.29 is 4.79 Å². The van der Waals surface area contributed by atoms with Crippen LogP contribution in [0, 0.1) is 0 Å². The van der Waals surface area contributed by atoms with E-state index in [0.29, 0.717) is 18.7 Å². The Morgan fingerprint density at radius 3 is 2.74 bits per heavy atom. The highest BCUT2D eigenvalue weighted by atomic mass is 16.1. The van der Waals surface area contributed by atoms with Gasteiger partial charge >= 0.3 is 0 Å². The number of aromatic amines is 1. The molecule has 19 heavy (non-hydrogen) atoms. The van der Waals surface area contributed by atoms with Crippen molar-refractivity contribution in [1.82, 2.24) is 10.3 Å². The van der Waals surface area contributed by atoms with Crippen LogP contribution in [0.2, 0.25) is 0 Å². The van der Waals surface area contributed by atoms with Crippen LogP contribution in [-0.2, 0) is 12.8 Å². The Morgan fingerprint density at radius 1 is 1.32 bits per heavy atom. The Morgan fingerprint density at radius 2 is 2.11 bits per heavy atom. The topological polar surface area (TPSA) is 70.9 Å². The summed E-state index contributed by atoms with van der Waals surface area (Å²) in [4.78, 5) is 15.4. The Kier molecular flexibility index (Phi) is 4.22. The largest absolute Gasteiger partial charge is 0.358 e. The number of aromatic nitrogens is 1. The minimum atomic E-state index is -0.0614. The zero-order valence-corrected chi connectivity index (χ0v) is 11.5. The first-order valence-electron chi connectivity index (χ1n) is 6.83. The van der Waals surface area contributed by atoms with Gasteiger partial charge in [0.05, 0.1) is 0 Å². The summed E-state index contributed by atoms with van der Waals surface area (Å²) in [6.45, 7) is 5.24. The van der Waals surface area contributed by atoms with Gasteiger partial charge in [0.15, 0.2) is 0 Å². The number of hydrogen-bond acceptors (Lipinski definition) is 2. The van der Waals surface area contributed by atoms with E-state index in [2.05, 4.69) is 24.1 Å².